The summed E-state index contributed by atoms with van der Waals surface area (Å²) in [5.74, 6) is -0.360. The van der Waals surface area contributed by atoms with Crippen LogP contribution in [-0.4, -0.2) is 13.1 Å². The Hall–Kier alpha value is -1.53. The van der Waals surface area contributed by atoms with E-state index in [9.17, 15) is 4.79 Å². The fourth-order valence-corrected chi connectivity index (χ4v) is 1.72. The maximum Gasteiger partial charge on any atom is 0.310 e. The van der Waals surface area contributed by atoms with Gasteiger partial charge in [0.25, 0.3) is 0 Å². The van der Waals surface area contributed by atoms with Crippen LogP contribution in [0.1, 0.15) is 23.6 Å². The molecule has 3 nitrogen and oxygen atoms in total. The Balaban J connectivity index is 3.16. The van der Waals surface area contributed by atoms with Crippen molar-refractivity contribution in [1.29, 1.82) is 5.26 Å². The highest BCUT2D eigenvalue weighted by molar-refractivity contribution is 6.31. The summed E-state index contributed by atoms with van der Waals surface area (Å²) in [5.41, 5.74) is 2.02. The smallest absolute Gasteiger partial charge is 0.310 e. The summed E-state index contributed by atoms with van der Waals surface area (Å²) in [5, 5.41) is 9.49. The second kappa shape index (κ2) is 5.53. The maximum atomic E-state index is 11.2. The van der Waals surface area contributed by atoms with Crippen LogP contribution in [0.15, 0.2) is 12.1 Å². The molecule has 0 aliphatic carbocycles. The summed E-state index contributed by atoms with van der Waals surface area (Å²) in [6, 6.07) is 5.41. The van der Waals surface area contributed by atoms with Gasteiger partial charge in [-0.2, -0.15) is 5.26 Å². The van der Waals surface area contributed by atoms with Gasteiger partial charge >= 0.3 is 5.97 Å². The number of methoxy groups -OCH3 is 1. The van der Waals surface area contributed by atoms with E-state index in [1.54, 1.807) is 12.1 Å². The molecule has 1 rings (SSSR count). The van der Waals surface area contributed by atoms with Gasteiger partial charge in [-0.25, -0.2) is 0 Å². The standard InChI is InChI=1S/C12H12ClNO2/c1-3-8-4-9(6-12(15)16-2)10(7-14)5-11(8)13/h4-5H,3,6H2,1-2H3. The first-order valence-electron chi connectivity index (χ1n) is 4.90. The SMILES string of the molecule is CCc1cc(CC(=O)OC)c(C#N)cc1Cl. The van der Waals surface area contributed by atoms with E-state index in [1.165, 1.54) is 7.11 Å². The van der Waals surface area contributed by atoms with Crippen molar-refractivity contribution in [3.63, 3.8) is 0 Å². The molecule has 0 aliphatic rings. The van der Waals surface area contributed by atoms with Gasteiger partial charge in [0.15, 0.2) is 0 Å². The molecule has 84 valence electrons. The van der Waals surface area contributed by atoms with Gasteiger partial charge in [0.05, 0.1) is 25.2 Å². The Labute approximate surface area is 99.6 Å². The summed E-state index contributed by atoms with van der Waals surface area (Å²) in [6.45, 7) is 1.97. The van der Waals surface area contributed by atoms with Crippen LogP contribution in [0.25, 0.3) is 0 Å². The molecular formula is C12H12ClNO2. The van der Waals surface area contributed by atoms with Crippen molar-refractivity contribution >= 4 is 17.6 Å². The number of esters is 1. The van der Waals surface area contributed by atoms with E-state index >= 15 is 0 Å². The van der Waals surface area contributed by atoms with Gasteiger partial charge in [0.1, 0.15) is 0 Å². The zero-order valence-corrected chi connectivity index (χ0v) is 9.97. The molecule has 0 unspecified atom stereocenters. The van der Waals surface area contributed by atoms with E-state index < -0.39 is 0 Å². The molecule has 0 heterocycles. The van der Waals surface area contributed by atoms with Crippen LogP contribution in [0.4, 0.5) is 0 Å². The lowest BCUT2D eigenvalue weighted by molar-refractivity contribution is -0.139. The largest absolute Gasteiger partial charge is 0.469 e. The van der Waals surface area contributed by atoms with Crippen LogP contribution < -0.4 is 0 Å². The Bertz CT molecular complexity index is 449. The molecule has 0 N–H and O–H groups in total. The van der Waals surface area contributed by atoms with E-state index in [0.29, 0.717) is 16.1 Å². The number of ether oxygens (including phenoxy) is 1. The molecule has 0 fully saturated rings. The van der Waals surface area contributed by atoms with E-state index in [0.717, 1.165) is 12.0 Å². The Morgan fingerprint density at radius 3 is 2.69 bits per heavy atom. The fourth-order valence-electron chi connectivity index (χ4n) is 1.42. The van der Waals surface area contributed by atoms with E-state index in [-0.39, 0.29) is 12.4 Å². The highest BCUT2D eigenvalue weighted by Crippen LogP contribution is 2.22. The van der Waals surface area contributed by atoms with Crippen LogP contribution in [-0.2, 0) is 22.4 Å². The molecule has 0 aliphatic heterocycles. The van der Waals surface area contributed by atoms with Crippen molar-refractivity contribution in [2.45, 2.75) is 19.8 Å². The predicted octanol–water partition coefficient (Wildman–Crippen LogP) is 2.49. The van der Waals surface area contributed by atoms with Gasteiger partial charge in [-0.1, -0.05) is 24.6 Å². The first kappa shape index (κ1) is 12.5. The molecular weight excluding hydrogens is 226 g/mol. The van der Waals surface area contributed by atoms with E-state index in [2.05, 4.69) is 4.74 Å². The van der Waals surface area contributed by atoms with Crippen molar-refractivity contribution in [3.05, 3.63) is 33.8 Å². The Morgan fingerprint density at radius 2 is 2.19 bits per heavy atom. The van der Waals surface area contributed by atoms with Gasteiger partial charge in [0.2, 0.25) is 0 Å². The summed E-state index contributed by atoms with van der Waals surface area (Å²) >= 11 is 5.98. The van der Waals surface area contributed by atoms with Crippen molar-refractivity contribution in [3.8, 4) is 6.07 Å². The van der Waals surface area contributed by atoms with Crippen molar-refractivity contribution in [2.24, 2.45) is 0 Å². The lowest BCUT2D eigenvalue weighted by atomic mass is 10.0. The number of benzene rings is 1. The van der Waals surface area contributed by atoms with Crippen LogP contribution >= 0.6 is 11.6 Å². The van der Waals surface area contributed by atoms with Crippen molar-refractivity contribution < 1.29 is 9.53 Å². The average molecular weight is 238 g/mol. The quantitative estimate of drug-likeness (QED) is 0.759. The molecule has 4 heteroatoms. The molecule has 1 aromatic carbocycles. The van der Waals surface area contributed by atoms with Crippen molar-refractivity contribution in [2.75, 3.05) is 7.11 Å². The number of rotatable bonds is 3. The molecule has 0 aromatic heterocycles. The van der Waals surface area contributed by atoms with Crippen LogP contribution in [0.2, 0.25) is 5.02 Å². The van der Waals surface area contributed by atoms with Crippen LogP contribution in [0, 0.1) is 11.3 Å². The van der Waals surface area contributed by atoms with Crippen molar-refractivity contribution in [1.82, 2.24) is 0 Å². The molecule has 0 spiro atoms. The first-order chi connectivity index (χ1) is 7.62. The van der Waals surface area contributed by atoms with Crippen LogP contribution in [0.3, 0.4) is 0 Å². The molecule has 0 saturated carbocycles. The maximum absolute atomic E-state index is 11.2. The number of hydrogen-bond donors (Lipinski definition) is 0. The summed E-state index contributed by atoms with van der Waals surface area (Å²) in [7, 11) is 1.32. The van der Waals surface area contributed by atoms with E-state index in [4.69, 9.17) is 16.9 Å². The Kier molecular flexibility index (Phi) is 4.33. The third-order valence-corrected chi connectivity index (χ3v) is 2.69. The zero-order chi connectivity index (χ0) is 12.1. The van der Waals surface area contributed by atoms with Crippen LogP contribution in [0.5, 0.6) is 0 Å². The minimum atomic E-state index is -0.360. The van der Waals surface area contributed by atoms with Gasteiger partial charge in [0, 0.05) is 5.02 Å². The lowest BCUT2D eigenvalue weighted by Gasteiger charge is -2.07. The molecule has 0 radical (unpaired) electrons. The highest BCUT2D eigenvalue weighted by Gasteiger charge is 2.11. The third-order valence-electron chi connectivity index (χ3n) is 2.34. The molecule has 0 saturated heterocycles. The number of halogens is 1. The van der Waals surface area contributed by atoms with Gasteiger partial charge in [-0.15, -0.1) is 0 Å². The van der Waals surface area contributed by atoms with E-state index in [1.807, 2.05) is 13.0 Å². The number of aryl methyl sites for hydroxylation is 1. The normalized spacial score (nSPS) is 9.62. The number of nitriles is 1. The average Bonchev–Trinajstić information content (AvgIpc) is 2.30. The van der Waals surface area contributed by atoms with Gasteiger partial charge in [-0.05, 0) is 23.6 Å². The second-order valence-electron chi connectivity index (χ2n) is 3.32. The van der Waals surface area contributed by atoms with Gasteiger partial charge < -0.3 is 4.74 Å². The van der Waals surface area contributed by atoms with Gasteiger partial charge in [-0.3, -0.25) is 4.79 Å². The number of carbonyl (C=O) groups excluding carboxylic acids is 1. The molecule has 0 atom stereocenters. The molecule has 0 amide bonds. The number of nitrogens with zero attached hydrogens (tertiary/aromatic N) is 1. The fraction of sp³-hybridized carbons (Fsp3) is 0.333. The third kappa shape index (κ3) is 2.74. The monoisotopic (exact) mass is 237 g/mol. The highest BCUT2D eigenvalue weighted by atomic mass is 35.5. The summed E-state index contributed by atoms with van der Waals surface area (Å²) in [4.78, 5) is 11.2. The minimum Gasteiger partial charge on any atom is -0.469 e. The summed E-state index contributed by atoms with van der Waals surface area (Å²) in [6.07, 6.45) is 0.863. The molecule has 0 bridgehead atoms. The predicted molar refractivity (Wildman–Crippen MR) is 61.3 cm³/mol. The zero-order valence-electron chi connectivity index (χ0n) is 9.21. The second-order valence-corrected chi connectivity index (χ2v) is 3.73. The number of hydrogen-bond acceptors (Lipinski definition) is 3. The topological polar surface area (TPSA) is 50.1 Å². The number of carbonyl (C=O) groups is 1. The Morgan fingerprint density at radius 1 is 1.50 bits per heavy atom. The minimum absolute atomic E-state index is 0.101. The first-order valence-corrected chi connectivity index (χ1v) is 5.28. The lowest BCUT2D eigenvalue weighted by Crippen LogP contribution is -2.06. The molecule has 1 aromatic rings. The summed E-state index contributed by atoms with van der Waals surface area (Å²) < 4.78 is 4.58. The molecule has 16 heavy (non-hydrogen) atoms.